The number of rotatable bonds is 6. The maximum atomic E-state index is 6.86. The van der Waals surface area contributed by atoms with Crippen molar-refractivity contribution in [3.63, 3.8) is 0 Å². The van der Waals surface area contributed by atoms with Crippen molar-refractivity contribution in [2.45, 2.75) is 105 Å². The molecule has 60 heavy (non-hydrogen) atoms. The summed E-state index contributed by atoms with van der Waals surface area (Å²) in [6.45, 7) is 27.2. The predicted molar refractivity (Wildman–Crippen MR) is 243 cm³/mol. The van der Waals surface area contributed by atoms with Gasteiger partial charge in [0.05, 0.1) is 17.1 Å². The van der Waals surface area contributed by atoms with E-state index in [1.807, 2.05) is 18.3 Å². The van der Waals surface area contributed by atoms with Crippen LogP contribution in [0.3, 0.4) is 0 Å². The molecule has 8 rings (SSSR count). The van der Waals surface area contributed by atoms with Crippen LogP contribution in [-0.4, -0.2) is 14.1 Å². The van der Waals surface area contributed by atoms with E-state index in [2.05, 4.69) is 218 Å². The monoisotopic (exact) mass is 971 g/mol. The molecule has 3 aromatic heterocycles. The summed E-state index contributed by atoms with van der Waals surface area (Å²) in [5.74, 6) is 2.04. The zero-order chi connectivity index (χ0) is 42.1. The summed E-state index contributed by atoms with van der Waals surface area (Å²) < 4.78 is 13.5. The minimum atomic E-state index is -0.242. The molecule has 0 aliphatic heterocycles. The van der Waals surface area contributed by atoms with Crippen LogP contribution in [0.1, 0.15) is 106 Å². The third-order valence-electron chi connectivity index (χ3n) is 11.1. The molecule has 0 atom stereocenters. The number of hydrogen-bond donors (Lipinski definition) is 0. The van der Waals surface area contributed by atoms with Crippen molar-refractivity contribution in [2.24, 2.45) is 0 Å². The fourth-order valence-electron chi connectivity index (χ4n) is 8.06. The van der Waals surface area contributed by atoms with Crippen LogP contribution in [0.25, 0.3) is 50.1 Å². The summed E-state index contributed by atoms with van der Waals surface area (Å²) in [7, 11) is 0. The molecule has 0 saturated heterocycles. The number of ether oxygens (including phenoxy) is 1. The van der Waals surface area contributed by atoms with Crippen molar-refractivity contribution >= 4 is 21.8 Å². The molecule has 5 aromatic carbocycles. The maximum Gasteiger partial charge on any atom is 0.267 e. The molecule has 0 N–H and O–H groups in total. The molecule has 310 valence electrons. The maximum absolute atomic E-state index is 6.86. The Morgan fingerprint density at radius 3 is 1.93 bits per heavy atom. The first-order valence-corrected chi connectivity index (χ1v) is 20.7. The van der Waals surface area contributed by atoms with Gasteiger partial charge >= 0.3 is 0 Å². The zero-order valence-corrected chi connectivity index (χ0v) is 39.3. The first-order chi connectivity index (χ1) is 27.8. The topological polar surface area (TPSA) is 35.9 Å². The number of para-hydroxylation sites is 1. The average molecular weight is 972 g/mol. The minimum Gasteiger partial charge on any atom is -0.510 e. The summed E-state index contributed by atoms with van der Waals surface area (Å²) in [6.07, 6.45) is 5.76. The molecule has 0 spiro atoms. The smallest absolute Gasteiger partial charge is 0.267 e. The molecule has 0 saturated carbocycles. The fraction of sp³-hybridized carbons (Fsp3) is 0.296. The third-order valence-corrected chi connectivity index (χ3v) is 11.1. The summed E-state index contributed by atoms with van der Waals surface area (Å²) in [5.41, 5.74) is 10.4. The van der Waals surface area contributed by atoms with Gasteiger partial charge in [-0.3, -0.25) is 4.57 Å². The van der Waals surface area contributed by atoms with Crippen LogP contribution in [0.4, 0.5) is 0 Å². The van der Waals surface area contributed by atoms with Gasteiger partial charge in [0, 0.05) is 44.3 Å². The molecule has 6 heteroatoms. The van der Waals surface area contributed by atoms with Crippen molar-refractivity contribution in [3.05, 3.63) is 162 Å². The summed E-state index contributed by atoms with van der Waals surface area (Å²) >= 11 is 0. The Balaban J connectivity index is 0.00000544. The van der Waals surface area contributed by atoms with Gasteiger partial charge < -0.3 is 13.9 Å². The van der Waals surface area contributed by atoms with Gasteiger partial charge in [0.25, 0.3) is 6.33 Å². The number of nitrogens with zero attached hydrogens (tertiary/aromatic N) is 4. The molecule has 0 amide bonds. The second-order valence-electron chi connectivity index (χ2n) is 19.9. The fourth-order valence-corrected chi connectivity index (χ4v) is 8.06. The number of pyridine rings is 1. The number of fused-ring (bicyclic) bond motifs is 3. The van der Waals surface area contributed by atoms with Crippen molar-refractivity contribution in [1.29, 1.82) is 0 Å². The van der Waals surface area contributed by atoms with E-state index in [0.717, 1.165) is 50.1 Å². The molecule has 0 aliphatic rings. The average Bonchev–Trinajstić information content (AvgIpc) is 3.76. The van der Waals surface area contributed by atoms with Crippen LogP contribution < -0.4 is 9.30 Å². The first-order valence-electron chi connectivity index (χ1n) is 20.7. The Labute approximate surface area is 371 Å². The Morgan fingerprint density at radius 2 is 1.25 bits per heavy atom. The van der Waals surface area contributed by atoms with Crippen LogP contribution in [0.5, 0.6) is 11.5 Å². The van der Waals surface area contributed by atoms with Crippen LogP contribution in [0.2, 0.25) is 0 Å². The molecule has 0 fully saturated rings. The Hall–Kier alpha value is -5.25. The van der Waals surface area contributed by atoms with Gasteiger partial charge in [-0.1, -0.05) is 149 Å². The van der Waals surface area contributed by atoms with Crippen LogP contribution in [0, 0.1) is 18.5 Å². The van der Waals surface area contributed by atoms with Crippen molar-refractivity contribution in [3.8, 4) is 39.8 Å². The van der Waals surface area contributed by atoms with E-state index in [1.54, 1.807) is 0 Å². The molecule has 3 heterocycles. The van der Waals surface area contributed by atoms with Crippen LogP contribution in [-0.2, 0) is 42.7 Å². The van der Waals surface area contributed by atoms with Gasteiger partial charge in [-0.15, -0.1) is 35.2 Å². The molecule has 5 nitrogen and oxygen atoms in total. The van der Waals surface area contributed by atoms with Crippen LogP contribution >= 0.6 is 0 Å². The molecule has 0 radical (unpaired) electrons. The zero-order valence-electron chi connectivity index (χ0n) is 37.1. The molecule has 0 unspecified atom stereocenters. The predicted octanol–water partition coefficient (Wildman–Crippen LogP) is 13.3. The van der Waals surface area contributed by atoms with E-state index in [1.165, 1.54) is 22.5 Å². The van der Waals surface area contributed by atoms with Crippen molar-refractivity contribution < 1.29 is 30.4 Å². The second-order valence-corrected chi connectivity index (χ2v) is 19.9. The summed E-state index contributed by atoms with van der Waals surface area (Å²) in [4.78, 5) is 4.88. The third kappa shape index (κ3) is 8.26. The molecular formula is C54H56N4OPt-2. The minimum absolute atomic E-state index is 0. The summed E-state index contributed by atoms with van der Waals surface area (Å²) in [6, 6.07) is 47.9. The Kier molecular flexibility index (Phi) is 11.2. The number of imidazole rings is 1. The van der Waals surface area contributed by atoms with Gasteiger partial charge in [-0.2, -0.15) is 12.1 Å². The molecule has 0 bridgehead atoms. The number of aromatic nitrogens is 4. The Morgan fingerprint density at radius 1 is 0.567 bits per heavy atom. The van der Waals surface area contributed by atoms with E-state index >= 15 is 0 Å². The largest absolute Gasteiger partial charge is 0.510 e. The van der Waals surface area contributed by atoms with Crippen molar-refractivity contribution in [1.82, 2.24) is 14.1 Å². The van der Waals surface area contributed by atoms with Crippen molar-refractivity contribution in [2.75, 3.05) is 0 Å². The SMILES string of the molecule is CC(C)(C)c1cccc(-[n+]2[c-]n(-c3[c-]c(Oc4[c-]c5c(cc4)c4ccccc4n5-c4cc(C(C)(C)C)ccn4)cc(-c4ccccc4)c3)c(C(C)(C)C)c2C(C)(C)C)c1.[Pt]. The number of hydrogen-bond acceptors (Lipinski definition) is 2. The van der Waals surface area contributed by atoms with Gasteiger partial charge in [0.2, 0.25) is 0 Å². The van der Waals surface area contributed by atoms with E-state index < -0.39 is 0 Å². The Bertz CT molecular complexity index is 2840. The van der Waals surface area contributed by atoms with Gasteiger partial charge in [0.1, 0.15) is 5.82 Å². The molecule has 8 aromatic rings. The van der Waals surface area contributed by atoms with E-state index in [9.17, 15) is 0 Å². The molecular weight excluding hydrogens is 916 g/mol. The first kappa shape index (κ1) is 42.9. The number of benzene rings is 5. The van der Waals surface area contributed by atoms with Gasteiger partial charge in [-0.05, 0) is 79.8 Å². The standard InChI is InChI=1S/C54H56N4O.Pt/c1-51(2,3)38-21-18-22-40(31-38)56-35-57(50(54(10,11)12)49(56)53(7,8)9)41-29-37(36-19-14-13-15-20-36)30-43(33-41)59-42-25-26-45-44-23-16-17-24-46(44)58(47(45)34-42)48-32-39(27-28-55-48)52(4,5)6;/h13-32H,1-12H3;/q-2;. The van der Waals surface area contributed by atoms with E-state index in [-0.39, 0.29) is 42.7 Å². The molecule has 0 aliphatic carbocycles. The quantitative estimate of drug-likeness (QED) is 0.123. The van der Waals surface area contributed by atoms with Gasteiger partial charge in [-0.25, -0.2) is 4.98 Å². The normalized spacial score (nSPS) is 12.5. The van der Waals surface area contributed by atoms with Gasteiger partial charge in [0.15, 0.2) is 0 Å². The van der Waals surface area contributed by atoms with E-state index in [4.69, 9.17) is 9.72 Å². The summed E-state index contributed by atoms with van der Waals surface area (Å²) in [5, 5.41) is 2.23. The van der Waals surface area contributed by atoms with E-state index in [0.29, 0.717) is 11.5 Å². The van der Waals surface area contributed by atoms with Crippen LogP contribution in [0.15, 0.2) is 121 Å². The second kappa shape index (κ2) is 15.7.